The van der Waals surface area contributed by atoms with Crippen molar-refractivity contribution in [1.29, 1.82) is 0 Å². The molecule has 2 N–H and O–H groups in total. The molecular formula is C20H21FN4O4S. The maximum absolute atomic E-state index is 13.0. The molecule has 3 aromatic rings. The topological polar surface area (TPSA) is 108 Å². The molecule has 30 heavy (non-hydrogen) atoms. The van der Waals surface area contributed by atoms with E-state index in [1.807, 2.05) is 0 Å². The highest BCUT2D eigenvalue weighted by atomic mass is 32.2. The molecule has 1 amide bonds. The van der Waals surface area contributed by atoms with Crippen LogP contribution in [0.4, 0.5) is 4.39 Å². The molecule has 1 fully saturated rings. The number of hydrogen-bond donors (Lipinski definition) is 2. The Morgan fingerprint density at radius 1 is 1.23 bits per heavy atom. The molecule has 0 radical (unpaired) electrons. The Morgan fingerprint density at radius 2 is 2.03 bits per heavy atom. The number of sulfonamides is 1. The van der Waals surface area contributed by atoms with Gasteiger partial charge in [0, 0.05) is 25.8 Å². The number of H-pyrrole nitrogens is 1. The van der Waals surface area contributed by atoms with Crippen LogP contribution in [0.5, 0.6) is 0 Å². The lowest BCUT2D eigenvalue weighted by Gasteiger charge is -2.30. The number of aromatic amines is 1. The Balaban J connectivity index is 1.41. The van der Waals surface area contributed by atoms with Gasteiger partial charge in [-0.2, -0.15) is 9.40 Å². The minimum Gasteiger partial charge on any atom is -0.442 e. The maximum Gasteiger partial charge on any atom is 0.276 e. The summed E-state index contributed by atoms with van der Waals surface area (Å²) in [6, 6.07) is 10.5. The molecule has 1 aliphatic rings. The minimum absolute atomic E-state index is 0.0810. The highest BCUT2D eigenvalue weighted by Crippen LogP contribution is 2.28. The third kappa shape index (κ3) is 4.29. The van der Waals surface area contributed by atoms with Crippen LogP contribution in [0.25, 0.3) is 11.5 Å². The summed E-state index contributed by atoms with van der Waals surface area (Å²) >= 11 is 0. The summed E-state index contributed by atoms with van der Waals surface area (Å²) in [7, 11) is -3.86. The smallest absolute Gasteiger partial charge is 0.276 e. The molecule has 158 valence electrons. The third-order valence-corrected chi connectivity index (χ3v) is 6.82. The van der Waals surface area contributed by atoms with Crippen molar-refractivity contribution in [2.75, 3.05) is 13.1 Å². The van der Waals surface area contributed by atoms with Crippen molar-refractivity contribution in [3.05, 3.63) is 60.0 Å². The zero-order valence-electron chi connectivity index (χ0n) is 16.0. The van der Waals surface area contributed by atoms with E-state index in [1.165, 1.54) is 22.5 Å². The van der Waals surface area contributed by atoms with Crippen molar-refractivity contribution in [2.24, 2.45) is 5.92 Å². The van der Waals surface area contributed by atoms with E-state index in [9.17, 15) is 17.6 Å². The number of rotatable bonds is 6. The number of piperidine rings is 1. The van der Waals surface area contributed by atoms with E-state index in [1.54, 1.807) is 30.5 Å². The van der Waals surface area contributed by atoms with Gasteiger partial charge in [-0.3, -0.25) is 9.89 Å². The Bertz CT molecular complexity index is 1110. The van der Waals surface area contributed by atoms with Gasteiger partial charge >= 0.3 is 0 Å². The van der Waals surface area contributed by atoms with Gasteiger partial charge in [-0.1, -0.05) is 12.1 Å². The van der Waals surface area contributed by atoms with E-state index in [0.717, 1.165) is 5.56 Å². The zero-order chi connectivity index (χ0) is 21.1. The van der Waals surface area contributed by atoms with Gasteiger partial charge in [0.25, 0.3) is 10.0 Å². The third-order valence-electron chi connectivity index (χ3n) is 5.08. The van der Waals surface area contributed by atoms with Gasteiger partial charge in [-0.05, 0) is 48.7 Å². The van der Waals surface area contributed by atoms with Crippen molar-refractivity contribution in [2.45, 2.75) is 24.5 Å². The molecule has 1 aromatic carbocycles. The molecule has 0 saturated carbocycles. The second-order valence-corrected chi connectivity index (χ2v) is 9.00. The van der Waals surface area contributed by atoms with E-state index < -0.39 is 15.9 Å². The lowest BCUT2D eigenvalue weighted by molar-refractivity contribution is -0.126. The van der Waals surface area contributed by atoms with Crippen LogP contribution in [0.15, 0.2) is 58.2 Å². The molecular weight excluding hydrogens is 411 g/mol. The minimum atomic E-state index is -3.86. The molecule has 1 saturated heterocycles. The fraction of sp³-hybridized carbons (Fsp3) is 0.300. The van der Waals surface area contributed by atoms with Crippen molar-refractivity contribution >= 4 is 15.9 Å². The molecule has 4 rings (SSSR count). The molecule has 0 unspecified atom stereocenters. The van der Waals surface area contributed by atoms with Gasteiger partial charge in [0.05, 0.1) is 5.92 Å². The van der Waals surface area contributed by atoms with Crippen molar-refractivity contribution in [1.82, 2.24) is 19.8 Å². The molecule has 0 bridgehead atoms. The highest BCUT2D eigenvalue weighted by molar-refractivity contribution is 7.89. The van der Waals surface area contributed by atoms with Crippen molar-refractivity contribution in [3.63, 3.8) is 0 Å². The fourth-order valence-corrected chi connectivity index (χ4v) is 4.87. The van der Waals surface area contributed by atoms with Gasteiger partial charge in [-0.15, -0.1) is 0 Å². The van der Waals surface area contributed by atoms with E-state index in [4.69, 9.17) is 4.42 Å². The Kier molecular flexibility index (Phi) is 5.69. The largest absolute Gasteiger partial charge is 0.442 e. The molecule has 0 aliphatic carbocycles. The SMILES string of the molecule is O=C(NCc1ccc(F)cc1)[C@H]1CCCN(S(=O)(=O)c2ccc(-c3ccn[nH]3)o2)C1. The monoisotopic (exact) mass is 432 g/mol. The molecule has 2 aromatic heterocycles. The lowest BCUT2D eigenvalue weighted by Crippen LogP contribution is -2.45. The van der Waals surface area contributed by atoms with Crippen LogP contribution in [0.3, 0.4) is 0 Å². The number of halogens is 1. The summed E-state index contributed by atoms with van der Waals surface area (Å²) in [6.07, 6.45) is 2.71. The lowest BCUT2D eigenvalue weighted by atomic mass is 9.99. The van der Waals surface area contributed by atoms with Crippen molar-refractivity contribution < 1.29 is 22.0 Å². The van der Waals surface area contributed by atoms with Crippen LogP contribution in [0, 0.1) is 11.7 Å². The number of benzene rings is 1. The Morgan fingerprint density at radius 3 is 2.77 bits per heavy atom. The summed E-state index contributed by atoms with van der Waals surface area (Å²) in [4.78, 5) is 12.6. The maximum atomic E-state index is 13.0. The van der Waals surface area contributed by atoms with Crippen LogP contribution in [-0.2, 0) is 21.4 Å². The van der Waals surface area contributed by atoms with Gasteiger partial charge in [-0.25, -0.2) is 12.8 Å². The first-order valence-electron chi connectivity index (χ1n) is 9.55. The molecule has 0 spiro atoms. The first kappa shape index (κ1) is 20.3. The van der Waals surface area contributed by atoms with E-state index in [0.29, 0.717) is 30.8 Å². The van der Waals surface area contributed by atoms with E-state index in [-0.39, 0.29) is 29.9 Å². The van der Waals surface area contributed by atoms with Crippen LogP contribution < -0.4 is 5.32 Å². The summed E-state index contributed by atoms with van der Waals surface area (Å²) < 4.78 is 45.8. The summed E-state index contributed by atoms with van der Waals surface area (Å²) in [6.45, 7) is 0.663. The zero-order valence-corrected chi connectivity index (χ0v) is 16.9. The standard InChI is InChI=1S/C20H21FN4O4S/c21-16-5-3-14(4-6-16)12-22-20(26)15-2-1-11-25(13-15)30(27,28)19-8-7-18(29-19)17-9-10-23-24-17/h3-10,15H,1-2,11-13H2,(H,22,26)(H,23,24)/t15-/m0/s1. The number of nitrogens with one attached hydrogen (secondary N) is 2. The number of carbonyl (C=O) groups is 1. The van der Waals surface area contributed by atoms with Crippen molar-refractivity contribution in [3.8, 4) is 11.5 Å². The first-order valence-corrected chi connectivity index (χ1v) is 11.0. The quantitative estimate of drug-likeness (QED) is 0.622. The van der Waals surface area contributed by atoms with Crippen LogP contribution in [-0.4, -0.2) is 41.9 Å². The Labute approximate surface area is 173 Å². The number of nitrogens with zero attached hydrogens (tertiary/aromatic N) is 2. The summed E-state index contributed by atoms with van der Waals surface area (Å²) in [5.74, 6) is -0.656. The normalized spacial score (nSPS) is 17.7. The predicted octanol–water partition coefficient (Wildman–Crippen LogP) is 2.53. The number of amides is 1. The van der Waals surface area contributed by atoms with Gasteiger partial charge in [0.1, 0.15) is 11.5 Å². The van der Waals surface area contributed by atoms with Gasteiger partial charge in [0.15, 0.2) is 5.76 Å². The molecule has 10 heteroatoms. The fourth-order valence-electron chi connectivity index (χ4n) is 3.43. The first-order chi connectivity index (χ1) is 14.4. The van der Waals surface area contributed by atoms with Crippen LogP contribution in [0.2, 0.25) is 0 Å². The van der Waals surface area contributed by atoms with Gasteiger partial charge in [0.2, 0.25) is 11.0 Å². The molecule has 8 nitrogen and oxygen atoms in total. The number of hydrogen-bond acceptors (Lipinski definition) is 5. The highest BCUT2D eigenvalue weighted by Gasteiger charge is 2.35. The average Bonchev–Trinajstić information content (AvgIpc) is 3.45. The van der Waals surface area contributed by atoms with E-state index in [2.05, 4.69) is 15.5 Å². The molecule has 1 atom stereocenters. The second-order valence-electron chi connectivity index (χ2n) is 7.14. The van der Waals surface area contributed by atoms with Gasteiger partial charge < -0.3 is 9.73 Å². The predicted molar refractivity (Wildman–Crippen MR) is 106 cm³/mol. The van der Waals surface area contributed by atoms with E-state index >= 15 is 0 Å². The number of aromatic nitrogens is 2. The number of furan rings is 1. The van der Waals surface area contributed by atoms with Crippen LogP contribution >= 0.6 is 0 Å². The molecule has 3 heterocycles. The summed E-state index contributed by atoms with van der Waals surface area (Å²) in [5.41, 5.74) is 1.35. The Hall–Kier alpha value is -2.98. The average molecular weight is 432 g/mol. The summed E-state index contributed by atoms with van der Waals surface area (Å²) in [5, 5.41) is 9.19. The number of carbonyl (C=O) groups excluding carboxylic acids is 1. The van der Waals surface area contributed by atoms with Crippen LogP contribution in [0.1, 0.15) is 18.4 Å². The second kappa shape index (κ2) is 8.41. The molecule has 1 aliphatic heterocycles.